The van der Waals surface area contributed by atoms with E-state index in [1.54, 1.807) is 0 Å². The summed E-state index contributed by atoms with van der Waals surface area (Å²) in [6.45, 7) is -0.0429. The van der Waals surface area contributed by atoms with Gasteiger partial charge in [-0.1, -0.05) is 0 Å². The average Bonchev–Trinajstić information content (AvgIpc) is 2.48. The van der Waals surface area contributed by atoms with E-state index < -0.39 is 5.56 Å². The Balaban J connectivity index is 2.78. The van der Waals surface area contributed by atoms with E-state index in [-0.39, 0.29) is 24.0 Å². The summed E-state index contributed by atoms with van der Waals surface area (Å²) in [6.07, 6.45) is 1.07. The molecule has 6 heteroatoms. The lowest BCUT2D eigenvalue weighted by molar-refractivity contribution is 0.160. The molecule has 0 aromatic carbocycles. The molecule has 0 amide bonds. The van der Waals surface area contributed by atoms with E-state index in [9.17, 15) is 4.79 Å². The van der Waals surface area contributed by atoms with E-state index in [2.05, 4.69) is 0 Å². The molecule has 1 aliphatic rings. The van der Waals surface area contributed by atoms with Gasteiger partial charge in [-0.05, 0) is 0 Å². The average molecular weight is 170 g/mol. The van der Waals surface area contributed by atoms with Crippen LogP contribution in [0.25, 0.3) is 0 Å². The summed E-state index contributed by atoms with van der Waals surface area (Å²) in [6, 6.07) is 0. The highest BCUT2D eigenvalue weighted by atomic mass is 16.7. The molecule has 12 heavy (non-hydrogen) atoms. The van der Waals surface area contributed by atoms with E-state index in [1.807, 2.05) is 0 Å². The van der Waals surface area contributed by atoms with Crippen molar-refractivity contribution in [3.63, 3.8) is 0 Å². The number of nitrogens with two attached hydrogens (primary N) is 1. The van der Waals surface area contributed by atoms with Gasteiger partial charge in [0, 0.05) is 0 Å². The van der Waals surface area contributed by atoms with Crippen LogP contribution in [-0.4, -0.2) is 16.7 Å². The Bertz CT molecular complexity index is 384. The van der Waals surface area contributed by atoms with Gasteiger partial charge < -0.3 is 20.4 Å². The molecule has 0 unspecified atom stereocenters. The first-order chi connectivity index (χ1) is 5.70. The molecular formula is C6H6N2O4. The molecule has 0 aliphatic carbocycles. The molecular weight excluding hydrogens is 164 g/mol. The van der Waals surface area contributed by atoms with Gasteiger partial charge in [0.05, 0.1) is 11.9 Å². The number of nitrogen functional groups attached to an aromatic ring is 1. The first-order valence-corrected chi connectivity index (χ1v) is 3.20. The molecule has 0 spiro atoms. The van der Waals surface area contributed by atoms with Crippen LogP contribution in [0.15, 0.2) is 11.0 Å². The van der Waals surface area contributed by atoms with Crippen molar-refractivity contribution in [1.29, 1.82) is 0 Å². The zero-order valence-corrected chi connectivity index (χ0v) is 5.98. The van der Waals surface area contributed by atoms with Crippen molar-refractivity contribution in [2.24, 2.45) is 0 Å². The number of rotatable bonds is 0. The molecule has 2 rings (SSSR count). The largest absolute Gasteiger partial charge is 0.451 e. The van der Waals surface area contributed by atoms with Crippen molar-refractivity contribution >= 4 is 5.69 Å². The quantitative estimate of drug-likeness (QED) is 0.507. The molecule has 0 saturated carbocycles. The number of anilines is 1. The first kappa shape index (κ1) is 6.84. The van der Waals surface area contributed by atoms with Crippen LogP contribution in [0.3, 0.4) is 0 Å². The van der Waals surface area contributed by atoms with Crippen molar-refractivity contribution in [3.05, 3.63) is 16.6 Å². The van der Waals surface area contributed by atoms with Crippen LogP contribution in [0.4, 0.5) is 5.69 Å². The number of aromatic nitrogens is 1. The van der Waals surface area contributed by atoms with Crippen molar-refractivity contribution < 1.29 is 14.7 Å². The van der Waals surface area contributed by atoms with Crippen molar-refractivity contribution in [2.45, 2.75) is 0 Å². The Morgan fingerprint density at radius 2 is 2.17 bits per heavy atom. The van der Waals surface area contributed by atoms with Crippen molar-refractivity contribution in [3.8, 4) is 11.5 Å². The standard InChI is InChI=1S/C6H6N2O4/c7-3-1-8(10)6(9)5-4(3)11-2-12-5/h1,10H,2,7H2. The predicted octanol–water partition coefficient (Wildman–Crippen LogP) is -0.603. The van der Waals surface area contributed by atoms with Crippen LogP contribution in [0.1, 0.15) is 0 Å². The van der Waals surface area contributed by atoms with Gasteiger partial charge in [0.2, 0.25) is 12.5 Å². The summed E-state index contributed by atoms with van der Waals surface area (Å²) >= 11 is 0. The van der Waals surface area contributed by atoms with E-state index >= 15 is 0 Å². The molecule has 2 heterocycles. The van der Waals surface area contributed by atoms with Crippen LogP contribution in [-0.2, 0) is 0 Å². The second-order valence-electron chi connectivity index (χ2n) is 2.30. The molecule has 1 aliphatic heterocycles. The van der Waals surface area contributed by atoms with Gasteiger partial charge in [-0.15, -0.1) is 0 Å². The molecule has 1 aromatic rings. The number of fused-ring (bicyclic) bond motifs is 1. The van der Waals surface area contributed by atoms with E-state index in [0.29, 0.717) is 4.73 Å². The van der Waals surface area contributed by atoms with Crippen molar-refractivity contribution in [2.75, 3.05) is 12.5 Å². The summed E-state index contributed by atoms with van der Waals surface area (Å²) < 4.78 is 10.1. The number of hydrogen-bond acceptors (Lipinski definition) is 5. The summed E-state index contributed by atoms with van der Waals surface area (Å²) in [7, 11) is 0. The van der Waals surface area contributed by atoms with Gasteiger partial charge in [-0.2, -0.15) is 4.73 Å². The minimum absolute atomic E-state index is 0.0429. The molecule has 6 nitrogen and oxygen atoms in total. The van der Waals surface area contributed by atoms with E-state index in [4.69, 9.17) is 20.4 Å². The SMILES string of the molecule is Nc1cn(O)c(=O)c2c1OCO2. The zero-order valence-electron chi connectivity index (χ0n) is 5.98. The second-order valence-corrected chi connectivity index (χ2v) is 2.30. The maximum absolute atomic E-state index is 11.1. The monoisotopic (exact) mass is 170 g/mol. The highest BCUT2D eigenvalue weighted by Crippen LogP contribution is 2.33. The number of nitrogens with zero attached hydrogens (tertiary/aromatic N) is 1. The van der Waals surface area contributed by atoms with Gasteiger partial charge in [0.25, 0.3) is 0 Å². The Morgan fingerprint density at radius 3 is 2.92 bits per heavy atom. The lowest BCUT2D eigenvalue weighted by atomic mass is 10.3. The molecule has 1 aromatic heterocycles. The zero-order chi connectivity index (χ0) is 8.72. The minimum atomic E-state index is -0.670. The van der Waals surface area contributed by atoms with Gasteiger partial charge in [-0.3, -0.25) is 4.79 Å². The Morgan fingerprint density at radius 1 is 1.50 bits per heavy atom. The summed E-state index contributed by atoms with van der Waals surface area (Å²) in [4.78, 5) is 11.1. The van der Waals surface area contributed by atoms with Crippen molar-refractivity contribution in [1.82, 2.24) is 4.73 Å². The molecule has 0 saturated heterocycles. The van der Waals surface area contributed by atoms with Crippen LogP contribution >= 0.6 is 0 Å². The fourth-order valence-electron chi connectivity index (χ4n) is 1.00. The number of ether oxygens (including phenoxy) is 2. The predicted molar refractivity (Wildman–Crippen MR) is 38.4 cm³/mol. The number of hydrogen-bond donors (Lipinski definition) is 2. The van der Waals surface area contributed by atoms with E-state index in [1.165, 1.54) is 0 Å². The number of pyridine rings is 1. The Hall–Kier alpha value is -1.85. The van der Waals surface area contributed by atoms with Crippen LogP contribution in [0.2, 0.25) is 0 Å². The molecule has 64 valence electrons. The molecule has 0 bridgehead atoms. The van der Waals surface area contributed by atoms with Crippen LogP contribution in [0, 0.1) is 0 Å². The van der Waals surface area contributed by atoms with Gasteiger partial charge in [-0.25, -0.2) is 0 Å². The van der Waals surface area contributed by atoms with Crippen LogP contribution in [0.5, 0.6) is 11.5 Å². The maximum Gasteiger partial charge on any atom is 0.329 e. The Kier molecular flexibility index (Phi) is 1.18. The second kappa shape index (κ2) is 2.07. The molecule has 3 N–H and O–H groups in total. The summed E-state index contributed by atoms with van der Waals surface area (Å²) in [5.41, 5.74) is 4.92. The third kappa shape index (κ3) is 0.714. The minimum Gasteiger partial charge on any atom is -0.451 e. The molecule has 0 atom stereocenters. The molecule has 0 radical (unpaired) electrons. The summed E-state index contributed by atoms with van der Waals surface area (Å²) in [5, 5.41) is 8.95. The molecule has 0 fully saturated rings. The van der Waals surface area contributed by atoms with Gasteiger partial charge in [0.1, 0.15) is 0 Å². The highest BCUT2D eigenvalue weighted by molar-refractivity contribution is 5.59. The normalized spacial score (nSPS) is 13.3. The lowest BCUT2D eigenvalue weighted by Gasteiger charge is -2.01. The first-order valence-electron chi connectivity index (χ1n) is 3.20. The lowest BCUT2D eigenvalue weighted by Crippen LogP contribution is -2.18. The van der Waals surface area contributed by atoms with Gasteiger partial charge in [0.15, 0.2) is 5.75 Å². The summed E-state index contributed by atoms with van der Waals surface area (Å²) in [5.74, 6) is 0.155. The van der Waals surface area contributed by atoms with Crippen LogP contribution < -0.4 is 20.8 Å². The topological polar surface area (TPSA) is 86.7 Å². The van der Waals surface area contributed by atoms with Gasteiger partial charge >= 0.3 is 5.56 Å². The van der Waals surface area contributed by atoms with E-state index in [0.717, 1.165) is 6.20 Å². The smallest absolute Gasteiger partial charge is 0.329 e. The third-order valence-corrected chi connectivity index (χ3v) is 1.54. The third-order valence-electron chi connectivity index (χ3n) is 1.54. The highest BCUT2D eigenvalue weighted by Gasteiger charge is 2.22. The Labute approximate surface area is 66.7 Å². The fraction of sp³-hybridized carbons (Fsp3) is 0.167. The maximum atomic E-state index is 11.1. The fourth-order valence-corrected chi connectivity index (χ4v) is 1.00.